The lowest BCUT2D eigenvalue weighted by Gasteiger charge is -2.18. The fraction of sp³-hybridized carbons (Fsp3) is 0.312. The third kappa shape index (κ3) is 3.78. The van der Waals surface area contributed by atoms with Gasteiger partial charge in [-0.1, -0.05) is 23.2 Å². The van der Waals surface area contributed by atoms with Gasteiger partial charge in [0.15, 0.2) is 5.75 Å². The Labute approximate surface area is 158 Å². The lowest BCUT2D eigenvalue weighted by atomic mass is 10.2. The number of hydrogen-bond donors (Lipinski definition) is 1. The van der Waals surface area contributed by atoms with Crippen molar-refractivity contribution in [1.29, 1.82) is 0 Å². The molecule has 0 aromatic heterocycles. The highest BCUT2D eigenvalue weighted by atomic mass is 35.5. The normalized spacial score (nSPS) is 19.4. The number of phenols is 1. The third-order valence-corrected chi connectivity index (χ3v) is 5.45. The molecule has 2 heterocycles. The molecule has 9 heteroatoms. The molecule has 0 bridgehead atoms. The summed E-state index contributed by atoms with van der Waals surface area (Å²) in [5.74, 6) is -0.996. The molecule has 0 unspecified atom stereocenters. The van der Waals surface area contributed by atoms with Gasteiger partial charge < -0.3 is 10.0 Å². The van der Waals surface area contributed by atoms with Gasteiger partial charge in [0.2, 0.25) is 5.91 Å². The van der Waals surface area contributed by atoms with Crippen LogP contribution in [0.2, 0.25) is 10.0 Å². The van der Waals surface area contributed by atoms with Gasteiger partial charge >= 0.3 is 0 Å². The van der Waals surface area contributed by atoms with Crippen molar-refractivity contribution in [2.45, 2.75) is 12.8 Å². The minimum Gasteiger partial charge on any atom is -0.505 e. The van der Waals surface area contributed by atoms with E-state index in [0.717, 1.165) is 29.5 Å². The van der Waals surface area contributed by atoms with Gasteiger partial charge in [-0.25, -0.2) is 0 Å². The van der Waals surface area contributed by atoms with E-state index in [-0.39, 0.29) is 33.2 Å². The van der Waals surface area contributed by atoms with Crippen LogP contribution in [0, 0.1) is 0 Å². The van der Waals surface area contributed by atoms with Crippen molar-refractivity contribution in [1.82, 2.24) is 9.80 Å². The van der Waals surface area contributed by atoms with E-state index in [4.69, 9.17) is 23.2 Å². The van der Waals surface area contributed by atoms with Gasteiger partial charge in [0.05, 0.1) is 15.0 Å². The number of benzene rings is 1. The van der Waals surface area contributed by atoms with Crippen LogP contribution in [0.4, 0.5) is 4.79 Å². The molecular weight excluding hydrogens is 387 g/mol. The molecule has 25 heavy (non-hydrogen) atoms. The first-order valence-corrected chi connectivity index (χ1v) is 9.15. The van der Waals surface area contributed by atoms with Crippen LogP contribution < -0.4 is 0 Å². The zero-order valence-electron chi connectivity index (χ0n) is 13.0. The van der Waals surface area contributed by atoms with E-state index in [9.17, 15) is 19.5 Å². The van der Waals surface area contributed by atoms with Crippen molar-refractivity contribution in [2.24, 2.45) is 0 Å². The van der Waals surface area contributed by atoms with E-state index in [0.29, 0.717) is 18.7 Å². The number of thioether (sulfide) groups is 1. The minimum atomic E-state index is -0.525. The largest absolute Gasteiger partial charge is 0.505 e. The van der Waals surface area contributed by atoms with Gasteiger partial charge in [-0.05, 0) is 48.4 Å². The Hall–Kier alpha value is -1.70. The summed E-state index contributed by atoms with van der Waals surface area (Å²) in [5, 5.41) is 9.17. The number of phenolic OH excluding ortho intramolecular Hbond substituents is 1. The fourth-order valence-corrected chi connectivity index (χ4v) is 4.00. The van der Waals surface area contributed by atoms with E-state index in [1.807, 2.05) is 0 Å². The minimum absolute atomic E-state index is 0.0437. The third-order valence-electron chi connectivity index (χ3n) is 3.96. The monoisotopic (exact) mass is 400 g/mol. The summed E-state index contributed by atoms with van der Waals surface area (Å²) in [6, 6.07) is 2.87. The summed E-state index contributed by atoms with van der Waals surface area (Å²) in [6.45, 7) is 1.07. The zero-order valence-corrected chi connectivity index (χ0v) is 15.3. The quantitative estimate of drug-likeness (QED) is 0.786. The maximum Gasteiger partial charge on any atom is 0.294 e. The average Bonchev–Trinajstić information content (AvgIpc) is 3.17. The van der Waals surface area contributed by atoms with Gasteiger partial charge in [0, 0.05) is 13.1 Å². The summed E-state index contributed by atoms with van der Waals surface area (Å²) in [6.07, 6.45) is 3.34. The van der Waals surface area contributed by atoms with E-state index < -0.39 is 11.1 Å². The zero-order chi connectivity index (χ0) is 18.1. The Morgan fingerprint density at radius 1 is 1.20 bits per heavy atom. The SMILES string of the molecule is O=C(CN1C(=O)SC(=Cc2cc(Cl)c(O)c(Cl)c2)C1=O)N1CCCC1. The van der Waals surface area contributed by atoms with Crippen LogP contribution in [0.25, 0.3) is 6.08 Å². The number of carbonyl (C=O) groups excluding carboxylic acids is 3. The highest BCUT2D eigenvalue weighted by Gasteiger charge is 2.37. The lowest BCUT2D eigenvalue weighted by molar-refractivity contribution is -0.135. The van der Waals surface area contributed by atoms with Crippen LogP contribution in [0.1, 0.15) is 18.4 Å². The molecule has 2 fully saturated rings. The number of carbonyl (C=O) groups is 3. The second-order valence-electron chi connectivity index (χ2n) is 5.69. The molecular formula is C16H14Cl2N2O4S. The molecule has 2 saturated heterocycles. The highest BCUT2D eigenvalue weighted by molar-refractivity contribution is 8.18. The number of amides is 3. The molecule has 132 valence electrons. The maximum atomic E-state index is 12.4. The second kappa shape index (κ2) is 7.27. The predicted octanol–water partition coefficient (Wildman–Crippen LogP) is 3.36. The smallest absolute Gasteiger partial charge is 0.294 e. The summed E-state index contributed by atoms with van der Waals surface area (Å²) < 4.78 is 0. The van der Waals surface area contributed by atoms with Crippen LogP contribution in [0.5, 0.6) is 5.75 Å². The van der Waals surface area contributed by atoms with Crippen molar-refractivity contribution in [3.63, 3.8) is 0 Å². The number of rotatable bonds is 3. The Bertz CT molecular complexity index is 767. The van der Waals surface area contributed by atoms with Crippen LogP contribution in [0.15, 0.2) is 17.0 Å². The molecule has 6 nitrogen and oxygen atoms in total. The molecule has 0 aliphatic carbocycles. The van der Waals surface area contributed by atoms with Crippen molar-refractivity contribution in [3.8, 4) is 5.75 Å². The van der Waals surface area contributed by atoms with Gasteiger partial charge in [0.1, 0.15) is 6.54 Å². The molecule has 0 atom stereocenters. The van der Waals surface area contributed by atoms with Crippen LogP contribution in [-0.4, -0.2) is 51.6 Å². The first kappa shape index (κ1) is 18.1. The standard InChI is InChI=1S/C16H14Cl2N2O4S/c17-10-5-9(6-11(18)14(10)22)7-12-15(23)20(16(24)25-12)8-13(21)19-3-1-2-4-19/h5-7,22H,1-4,8H2. The molecule has 2 aliphatic rings. The van der Waals surface area contributed by atoms with Crippen LogP contribution in [-0.2, 0) is 9.59 Å². The molecule has 0 radical (unpaired) electrons. The molecule has 1 aromatic carbocycles. The van der Waals surface area contributed by atoms with Crippen molar-refractivity contribution in [2.75, 3.05) is 19.6 Å². The van der Waals surface area contributed by atoms with E-state index in [1.54, 1.807) is 4.90 Å². The first-order valence-electron chi connectivity index (χ1n) is 7.58. The summed E-state index contributed by atoms with van der Waals surface area (Å²) >= 11 is 12.5. The number of aromatic hydroxyl groups is 1. The number of halogens is 2. The van der Waals surface area contributed by atoms with Crippen molar-refractivity contribution in [3.05, 3.63) is 32.6 Å². The Morgan fingerprint density at radius 3 is 2.40 bits per heavy atom. The Balaban J connectivity index is 1.77. The summed E-state index contributed by atoms with van der Waals surface area (Å²) in [7, 11) is 0. The molecule has 0 saturated carbocycles. The number of likely N-dealkylation sites (tertiary alicyclic amines) is 1. The Kier molecular flexibility index (Phi) is 5.27. The highest BCUT2D eigenvalue weighted by Crippen LogP contribution is 2.36. The fourth-order valence-electron chi connectivity index (χ4n) is 2.66. The van der Waals surface area contributed by atoms with Crippen molar-refractivity contribution < 1.29 is 19.5 Å². The van der Waals surface area contributed by atoms with E-state index in [2.05, 4.69) is 0 Å². The van der Waals surface area contributed by atoms with E-state index in [1.165, 1.54) is 18.2 Å². The number of imide groups is 1. The molecule has 0 spiro atoms. The molecule has 2 aliphatic heterocycles. The predicted molar refractivity (Wildman–Crippen MR) is 96.6 cm³/mol. The summed E-state index contributed by atoms with van der Waals surface area (Å²) in [4.78, 5) is 39.5. The molecule has 3 rings (SSSR count). The van der Waals surface area contributed by atoms with Gasteiger partial charge in [-0.3, -0.25) is 19.3 Å². The molecule has 1 aromatic rings. The van der Waals surface area contributed by atoms with E-state index >= 15 is 0 Å². The van der Waals surface area contributed by atoms with Crippen molar-refractivity contribution >= 4 is 58.1 Å². The van der Waals surface area contributed by atoms with Gasteiger partial charge in [-0.2, -0.15) is 0 Å². The van der Waals surface area contributed by atoms with Crippen LogP contribution >= 0.6 is 35.0 Å². The van der Waals surface area contributed by atoms with Gasteiger partial charge in [0.25, 0.3) is 11.1 Å². The topological polar surface area (TPSA) is 77.9 Å². The molecule has 1 N–H and O–H groups in total. The Morgan fingerprint density at radius 2 is 1.80 bits per heavy atom. The number of nitrogens with zero attached hydrogens (tertiary/aromatic N) is 2. The lowest BCUT2D eigenvalue weighted by Crippen LogP contribution is -2.40. The maximum absolute atomic E-state index is 12.4. The molecule has 3 amide bonds. The van der Waals surface area contributed by atoms with Gasteiger partial charge in [-0.15, -0.1) is 0 Å². The second-order valence-corrected chi connectivity index (χ2v) is 7.50. The summed E-state index contributed by atoms with van der Waals surface area (Å²) in [5.41, 5.74) is 0.476. The number of hydrogen-bond acceptors (Lipinski definition) is 5. The first-order chi connectivity index (χ1) is 11.9. The van der Waals surface area contributed by atoms with Crippen LogP contribution in [0.3, 0.4) is 0 Å². The average molecular weight is 401 g/mol.